The number of carbonyl (C=O) groups is 1. The average Bonchev–Trinajstić information content (AvgIpc) is 2.92. The van der Waals surface area contributed by atoms with Gasteiger partial charge in [-0.2, -0.15) is 5.10 Å². The summed E-state index contributed by atoms with van der Waals surface area (Å²) in [5.41, 5.74) is 8.81. The summed E-state index contributed by atoms with van der Waals surface area (Å²) in [6.07, 6.45) is 0.716. The number of amides is 1. The molecular weight excluding hydrogens is 340 g/mol. The van der Waals surface area contributed by atoms with E-state index in [1.807, 2.05) is 18.4 Å². The Balaban J connectivity index is 2.20. The van der Waals surface area contributed by atoms with Crippen LogP contribution in [0.3, 0.4) is 0 Å². The van der Waals surface area contributed by atoms with E-state index >= 15 is 0 Å². The van der Waals surface area contributed by atoms with Crippen molar-refractivity contribution in [3.63, 3.8) is 0 Å². The van der Waals surface area contributed by atoms with Gasteiger partial charge in [0.1, 0.15) is 5.69 Å². The maximum absolute atomic E-state index is 12.5. The van der Waals surface area contributed by atoms with Gasteiger partial charge in [-0.3, -0.25) is 9.48 Å². The Labute approximate surface area is 130 Å². The first-order valence-electron chi connectivity index (χ1n) is 6.23. The molecule has 2 aromatic rings. The largest absolute Gasteiger partial charge is 0.395 e. The highest BCUT2D eigenvalue weighted by Gasteiger charge is 2.22. The van der Waals surface area contributed by atoms with Crippen LogP contribution in [0, 0.1) is 0 Å². The molecule has 0 atom stereocenters. The third-order valence-electron chi connectivity index (χ3n) is 3.09. The number of hydrogen-bond donors (Lipinski definition) is 1. The first kappa shape index (κ1) is 15.1. The van der Waals surface area contributed by atoms with Crippen LogP contribution in [0.5, 0.6) is 0 Å². The van der Waals surface area contributed by atoms with Crippen molar-refractivity contribution in [3.05, 3.63) is 32.2 Å². The van der Waals surface area contributed by atoms with Crippen molar-refractivity contribution in [2.45, 2.75) is 19.9 Å². The number of rotatable bonds is 4. The van der Waals surface area contributed by atoms with Crippen molar-refractivity contribution in [2.75, 3.05) is 12.8 Å². The van der Waals surface area contributed by atoms with Gasteiger partial charge in [0.15, 0.2) is 0 Å². The molecular formula is C13H17BrN4OS. The van der Waals surface area contributed by atoms with Crippen LogP contribution in [0.2, 0.25) is 0 Å². The van der Waals surface area contributed by atoms with Crippen molar-refractivity contribution >= 4 is 38.9 Å². The molecule has 0 spiro atoms. The topological polar surface area (TPSA) is 64.2 Å². The molecule has 5 nitrogen and oxygen atoms in total. The highest BCUT2D eigenvalue weighted by molar-refractivity contribution is 9.11. The molecule has 0 aliphatic heterocycles. The summed E-state index contributed by atoms with van der Waals surface area (Å²) in [6.45, 7) is 2.52. The number of anilines is 1. The molecule has 7 heteroatoms. The van der Waals surface area contributed by atoms with Crippen LogP contribution >= 0.6 is 27.3 Å². The Kier molecular flexibility index (Phi) is 4.49. The second kappa shape index (κ2) is 5.97. The second-order valence-electron chi connectivity index (χ2n) is 4.61. The number of thiophene rings is 1. The van der Waals surface area contributed by atoms with Crippen molar-refractivity contribution in [3.8, 4) is 0 Å². The summed E-state index contributed by atoms with van der Waals surface area (Å²) in [4.78, 5) is 14.2. The quantitative estimate of drug-likeness (QED) is 0.915. The smallest absolute Gasteiger partial charge is 0.274 e. The maximum atomic E-state index is 12.5. The molecule has 2 heterocycles. The lowest BCUT2D eigenvalue weighted by Gasteiger charge is -2.16. The predicted octanol–water partition coefficient (Wildman–Crippen LogP) is 2.66. The van der Waals surface area contributed by atoms with Gasteiger partial charge in [-0.1, -0.05) is 6.92 Å². The second-order valence-corrected chi connectivity index (χ2v) is 6.90. The summed E-state index contributed by atoms with van der Waals surface area (Å²) < 4.78 is 2.62. The number of hydrogen-bond acceptors (Lipinski definition) is 4. The molecule has 0 bridgehead atoms. The minimum Gasteiger partial charge on any atom is -0.395 e. The molecule has 0 fully saturated rings. The van der Waals surface area contributed by atoms with Gasteiger partial charge < -0.3 is 10.6 Å². The third-order valence-corrected chi connectivity index (χ3v) is 4.64. The fraction of sp³-hybridized carbons (Fsp3) is 0.385. The van der Waals surface area contributed by atoms with Crippen LogP contribution in [0.25, 0.3) is 0 Å². The minimum absolute atomic E-state index is 0.112. The molecule has 2 aromatic heterocycles. The summed E-state index contributed by atoms with van der Waals surface area (Å²) in [5, 5.41) is 6.31. The van der Waals surface area contributed by atoms with Gasteiger partial charge in [0.25, 0.3) is 5.91 Å². The normalized spacial score (nSPS) is 10.8. The highest BCUT2D eigenvalue weighted by atomic mass is 79.9. The molecule has 2 N–H and O–H groups in total. The molecule has 0 aliphatic rings. The fourth-order valence-electron chi connectivity index (χ4n) is 2.07. The standard InChI is InChI=1S/C13H17BrN4OS/c1-4-9-11(15)12(18(3)16-9)13(19)17(2)6-8-5-10(14)20-7-8/h5,7H,4,6,15H2,1-3H3. The number of carbonyl (C=O) groups excluding carboxylic acids is 1. The van der Waals surface area contributed by atoms with Crippen LogP contribution in [-0.4, -0.2) is 27.6 Å². The Bertz CT molecular complexity index is 634. The van der Waals surface area contributed by atoms with E-state index in [-0.39, 0.29) is 5.91 Å². The monoisotopic (exact) mass is 356 g/mol. The Morgan fingerprint density at radius 1 is 1.60 bits per heavy atom. The van der Waals surface area contributed by atoms with Crippen molar-refractivity contribution < 1.29 is 4.79 Å². The van der Waals surface area contributed by atoms with E-state index in [1.165, 1.54) is 0 Å². The Morgan fingerprint density at radius 2 is 2.30 bits per heavy atom. The van der Waals surface area contributed by atoms with Crippen LogP contribution in [0.15, 0.2) is 15.2 Å². The number of aryl methyl sites for hydroxylation is 2. The zero-order valence-corrected chi connectivity index (χ0v) is 14.1. The zero-order chi connectivity index (χ0) is 14.9. The van der Waals surface area contributed by atoms with Gasteiger partial charge in [0.05, 0.1) is 15.2 Å². The lowest BCUT2D eigenvalue weighted by Crippen LogP contribution is -2.28. The third kappa shape index (κ3) is 2.88. The van der Waals surface area contributed by atoms with Gasteiger partial charge in [-0.15, -0.1) is 11.3 Å². The van der Waals surface area contributed by atoms with Gasteiger partial charge >= 0.3 is 0 Å². The van der Waals surface area contributed by atoms with Crippen LogP contribution < -0.4 is 5.73 Å². The zero-order valence-electron chi connectivity index (χ0n) is 11.7. The summed E-state index contributed by atoms with van der Waals surface area (Å²) in [6, 6.07) is 2.01. The molecule has 1 amide bonds. The van der Waals surface area contributed by atoms with E-state index in [2.05, 4.69) is 21.0 Å². The van der Waals surface area contributed by atoms with E-state index in [0.717, 1.165) is 15.0 Å². The van der Waals surface area contributed by atoms with Gasteiger partial charge in [0, 0.05) is 20.6 Å². The van der Waals surface area contributed by atoms with E-state index in [1.54, 1.807) is 35.0 Å². The van der Waals surface area contributed by atoms with E-state index in [0.29, 0.717) is 24.3 Å². The molecule has 0 aliphatic carbocycles. The van der Waals surface area contributed by atoms with Crippen molar-refractivity contribution in [1.29, 1.82) is 0 Å². The molecule has 0 unspecified atom stereocenters. The molecule has 2 rings (SSSR count). The Morgan fingerprint density at radius 3 is 2.80 bits per heavy atom. The Hall–Kier alpha value is -1.34. The molecule has 0 aromatic carbocycles. The van der Waals surface area contributed by atoms with Gasteiger partial charge in [-0.25, -0.2) is 0 Å². The summed E-state index contributed by atoms with van der Waals surface area (Å²) in [5.74, 6) is -0.112. The molecule has 20 heavy (non-hydrogen) atoms. The maximum Gasteiger partial charge on any atom is 0.274 e. The lowest BCUT2D eigenvalue weighted by atomic mass is 10.2. The van der Waals surface area contributed by atoms with E-state index in [9.17, 15) is 4.79 Å². The van der Waals surface area contributed by atoms with Crippen molar-refractivity contribution in [2.24, 2.45) is 7.05 Å². The van der Waals surface area contributed by atoms with E-state index in [4.69, 9.17) is 5.73 Å². The average molecular weight is 357 g/mol. The van der Waals surface area contributed by atoms with Crippen LogP contribution in [0.4, 0.5) is 5.69 Å². The number of nitrogens with two attached hydrogens (primary N) is 1. The number of aromatic nitrogens is 2. The van der Waals surface area contributed by atoms with Crippen molar-refractivity contribution in [1.82, 2.24) is 14.7 Å². The summed E-state index contributed by atoms with van der Waals surface area (Å²) in [7, 11) is 3.52. The highest BCUT2D eigenvalue weighted by Crippen LogP contribution is 2.23. The molecule has 108 valence electrons. The van der Waals surface area contributed by atoms with E-state index < -0.39 is 0 Å². The predicted molar refractivity (Wildman–Crippen MR) is 84.8 cm³/mol. The first-order chi connectivity index (χ1) is 9.43. The molecule has 0 saturated carbocycles. The van der Waals surface area contributed by atoms with Gasteiger partial charge in [-0.05, 0) is 39.4 Å². The first-order valence-corrected chi connectivity index (χ1v) is 7.91. The number of nitrogen functional groups attached to an aromatic ring is 1. The number of halogens is 1. The molecule has 0 saturated heterocycles. The van der Waals surface area contributed by atoms with Crippen LogP contribution in [0.1, 0.15) is 28.7 Å². The number of nitrogens with zero attached hydrogens (tertiary/aromatic N) is 3. The van der Waals surface area contributed by atoms with Crippen LogP contribution in [-0.2, 0) is 20.0 Å². The fourth-order valence-corrected chi connectivity index (χ4v) is 3.27. The molecule has 0 radical (unpaired) electrons. The SMILES string of the molecule is CCc1nn(C)c(C(=O)N(C)Cc2csc(Br)c2)c1N. The lowest BCUT2D eigenvalue weighted by molar-refractivity contribution is 0.0775. The summed E-state index contributed by atoms with van der Waals surface area (Å²) >= 11 is 5.03. The van der Waals surface area contributed by atoms with Gasteiger partial charge in [0.2, 0.25) is 0 Å². The minimum atomic E-state index is -0.112.